The summed E-state index contributed by atoms with van der Waals surface area (Å²) in [4.78, 5) is 0. The van der Waals surface area contributed by atoms with Crippen LogP contribution in [0.3, 0.4) is 0 Å². The maximum atomic E-state index is 12.8. The van der Waals surface area contributed by atoms with Crippen molar-refractivity contribution in [1.29, 1.82) is 0 Å². The van der Waals surface area contributed by atoms with Crippen LogP contribution in [0.2, 0.25) is 0 Å². The van der Waals surface area contributed by atoms with Gasteiger partial charge in [-0.05, 0) is 49.9 Å². The van der Waals surface area contributed by atoms with Gasteiger partial charge in [-0.1, -0.05) is 30.7 Å². The zero-order chi connectivity index (χ0) is 20.3. The molecule has 2 N–H and O–H groups in total. The van der Waals surface area contributed by atoms with Crippen LogP contribution >= 0.6 is 0 Å². The summed E-state index contributed by atoms with van der Waals surface area (Å²) >= 11 is 0. The predicted octanol–water partition coefficient (Wildman–Crippen LogP) is 5.07. The van der Waals surface area contributed by atoms with Crippen LogP contribution in [-0.2, 0) is 0 Å². The average Bonchev–Trinajstić information content (AvgIpc) is 3.19. The van der Waals surface area contributed by atoms with Gasteiger partial charge in [-0.15, -0.1) is 0 Å². The minimum Gasteiger partial charge on any atom is -0.393 e. The normalized spacial score (nSPS) is 33.9. The number of alkyl halides is 6. The van der Waals surface area contributed by atoms with Gasteiger partial charge >= 0.3 is 12.4 Å². The lowest BCUT2D eigenvalue weighted by Crippen LogP contribution is -2.56. The maximum Gasteiger partial charge on any atom is 0.426 e. The fourth-order valence-corrected chi connectivity index (χ4v) is 5.00. The minimum atomic E-state index is -5.80. The summed E-state index contributed by atoms with van der Waals surface area (Å²) < 4.78 is 76.9. The summed E-state index contributed by atoms with van der Waals surface area (Å²) in [6, 6.07) is 0. The molecule has 2 nitrogen and oxygen atoms in total. The van der Waals surface area contributed by atoms with Crippen LogP contribution in [0.1, 0.15) is 51.9 Å². The Bertz CT molecular complexity index is 630. The molecule has 0 aliphatic heterocycles. The summed E-state index contributed by atoms with van der Waals surface area (Å²) in [6.45, 7) is 2.04. The van der Waals surface area contributed by atoms with Crippen molar-refractivity contribution in [3.05, 3.63) is 23.8 Å². The molecule has 0 aromatic carbocycles. The van der Waals surface area contributed by atoms with E-state index in [-0.39, 0.29) is 11.3 Å². The molecule has 2 fully saturated rings. The highest BCUT2D eigenvalue weighted by Crippen LogP contribution is 2.66. The number of fused-ring (bicyclic) bond motifs is 1. The Hall–Kier alpha value is -1.02. The van der Waals surface area contributed by atoms with Gasteiger partial charge in [0.05, 0.1) is 6.10 Å². The van der Waals surface area contributed by atoms with E-state index < -0.39 is 35.9 Å². The fraction of sp³-hybridized carbons (Fsp3) is 0.789. The van der Waals surface area contributed by atoms with Crippen LogP contribution in [0, 0.1) is 16.7 Å². The van der Waals surface area contributed by atoms with E-state index in [1.165, 1.54) is 6.08 Å². The first-order valence-corrected chi connectivity index (χ1v) is 9.20. The molecule has 3 atom stereocenters. The molecule has 0 amide bonds. The van der Waals surface area contributed by atoms with Crippen LogP contribution in [0.4, 0.5) is 26.3 Å². The zero-order valence-electron chi connectivity index (χ0n) is 15.0. The molecule has 0 saturated heterocycles. The van der Waals surface area contributed by atoms with Crippen molar-refractivity contribution in [2.24, 2.45) is 16.7 Å². The van der Waals surface area contributed by atoms with Crippen LogP contribution in [0.25, 0.3) is 0 Å². The fourth-order valence-electron chi connectivity index (χ4n) is 5.00. The second-order valence-electron chi connectivity index (χ2n) is 8.46. The van der Waals surface area contributed by atoms with Gasteiger partial charge in [-0.25, -0.2) is 0 Å². The molecule has 154 valence electrons. The number of halogens is 6. The molecule has 0 heterocycles. The first-order chi connectivity index (χ1) is 12.3. The summed E-state index contributed by atoms with van der Waals surface area (Å²) in [7, 11) is 0. The zero-order valence-corrected chi connectivity index (χ0v) is 15.0. The van der Waals surface area contributed by atoms with Crippen molar-refractivity contribution in [2.45, 2.75) is 75.9 Å². The average molecular weight is 398 g/mol. The lowest BCUT2D eigenvalue weighted by atomic mass is 9.62. The van der Waals surface area contributed by atoms with E-state index in [1.54, 1.807) is 0 Å². The van der Waals surface area contributed by atoms with E-state index in [0.29, 0.717) is 25.7 Å². The third kappa shape index (κ3) is 3.22. The van der Waals surface area contributed by atoms with Gasteiger partial charge in [0.2, 0.25) is 0 Å². The van der Waals surface area contributed by atoms with E-state index in [4.69, 9.17) is 0 Å². The predicted molar refractivity (Wildman–Crippen MR) is 86.6 cm³/mol. The Balaban J connectivity index is 1.80. The van der Waals surface area contributed by atoms with Gasteiger partial charge in [-0.2, -0.15) is 26.3 Å². The monoisotopic (exact) mass is 398 g/mol. The van der Waals surface area contributed by atoms with Gasteiger partial charge in [0.25, 0.3) is 5.60 Å². The molecule has 3 aliphatic carbocycles. The molecular formula is C19H24F6O2. The molecule has 0 aromatic heterocycles. The van der Waals surface area contributed by atoms with Crippen molar-refractivity contribution >= 4 is 0 Å². The third-order valence-corrected chi connectivity index (χ3v) is 6.78. The van der Waals surface area contributed by atoms with Gasteiger partial charge < -0.3 is 10.2 Å². The Morgan fingerprint density at radius 3 is 2.22 bits per heavy atom. The topological polar surface area (TPSA) is 40.5 Å². The molecular weight excluding hydrogens is 374 g/mol. The molecule has 0 aromatic rings. The Kier molecular flexibility index (Phi) is 4.79. The van der Waals surface area contributed by atoms with Crippen molar-refractivity contribution in [3.63, 3.8) is 0 Å². The number of rotatable bonds is 4. The van der Waals surface area contributed by atoms with Crippen LogP contribution in [-0.4, -0.2) is 34.3 Å². The summed E-state index contributed by atoms with van der Waals surface area (Å²) in [6.07, 6.45) is -4.95. The van der Waals surface area contributed by atoms with Crippen molar-refractivity contribution < 1.29 is 36.6 Å². The van der Waals surface area contributed by atoms with Gasteiger partial charge in [0, 0.05) is 11.8 Å². The van der Waals surface area contributed by atoms with Crippen LogP contribution in [0.15, 0.2) is 23.8 Å². The Labute approximate surface area is 153 Å². The number of hydrogen-bond acceptors (Lipinski definition) is 2. The summed E-state index contributed by atoms with van der Waals surface area (Å²) in [5, 5.41) is 19.6. The van der Waals surface area contributed by atoms with Crippen LogP contribution < -0.4 is 0 Å². The second kappa shape index (κ2) is 6.24. The van der Waals surface area contributed by atoms with E-state index >= 15 is 0 Å². The quantitative estimate of drug-likeness (QED) is 0.513. The van der Waals surface area contributed by atoms with Crippen molar-refractivity contribution in [1.82, 2.24) is 0 Å². The Morgan fingerprint density at radius 2 is 1.70 bits per heavy atom. The highest BCUT2D eigenvalue weighted by atomic mass is 19.4. The number of aliphatic hydroxyl groups is 2. The van der Waals surface area contributed by atoms with Crippen LogP contribution in [0.5, 0.6) is 0 Å². The van der Waals surface area contributed by atoms with E-state index in [0.717, 1.165) is 24.5 Å². The van der Waals surface area contributed by atoms with E-state index in [2.05, 4.69) is 0 Å². The van der Waals surface area contributed by atoms with E-state index in [1.807, 2.05) is 13.0 Å². The molecule has 0 unspecified atom stereocenters. The van der Waals surface area contributed by atoms with Crippen molar-refractivity contribution in [2.75, 3.05) is 0 Å². The summed E-state index contributed by atoms with van der Waals surface area (Å²) in [5.41, 5.74) is -4.54. The van der Waals surface area contributed by atoms with Gasteiger partial charge in [-0.3, -0.25) is 0 Å². The lowest BCUT2D eigenvalue weighted by molar-refractivity contribution is -0.366. The smallest absolute Gasteiger partial charge is 0.393 e. The molecule has 27 heavy (non-hydrogen) atoms. The van der Waals surface area contributed by atoms with E-state index in [9.17, 15) is 36.6 Å². The Morgan fingerprint density at radius 1 is 1.11 bits per heavy atom. The highest BCUT2D eigenvalue weighted by molar-refractivity contribution is 5.39. The molecule has 8 heteroatoms. The van der Waals surface area contributed by atoms with Gasteiger partial charge in [0.15, 0.2) is 0 Å². The largest absolute Gasteiger partial charge is 0.426 e. The SMILES string of the molecule is C[C@@]12CCC[C@H](O)[C@@H]1CC=C2C1(C=CCC(O)(C(F)(F)F)C(F)(F)F)CC1. The molecule has 3 aliphatic rings. The first kappa shape index (κ1) is 20.7. The number of allylic oxidation sites excluding steroid dienone is 3. The molecule has 0 bridgehead atoms. The lowest BCUT2D eigenvalue weighted by Gasteiger charge is -2.44. The molecule has 0 spiro atoms. The third-order valence-electron chi connectivity index (χ3n) is 6.78. The first-order valence-electron chi connectivity index (χ1n) is 9.20. The molecule has 0 radical (unpaired) electrons. The summed E-state index contributed by atoms with van der Waals surface area (Å²) in [5.74, 6) is 0.0504. The minimum absolute atomic E-state index is 0.0504. The second-order valence-corrected chi connectivity index (χ2v) is 8.46. The molecule has 2 saturated carbocycles. The van der Waals surface area contributed by atoms with Crippen molar-refractivity contribution in [3.8, 4) is 0 Å². The number of aliphatic hydroxyl groups excluding tert-OH is 1. The number of hydrogen-bond donors (Lipinski definition) is 2. The molecule has 3 rings (SSSR count). The standard InChI is InChI=1S/C19H24F6O2/c1-15-7-2-4-13(26)12(15)5-6-14(15)16(10-11-16)8-3-9-17(27,18(20,21)22)19(23,24)25/h3,6,8,12-13,26-27H,2,4-5,7,9-11H2,1H3/t12-,13-,15+/m0/s1. The van der Waals surface area contributed by atoms with Gasteiger partial charge in [0.1, 0.15) is 0 Å². The maximum absolute atomic E-state index is 12.8. The highest BCUT2D eigenvalue weighted by Gasteiger charge is 2.69.